The van der Waals surface area contributed by atoms with Gasteiger partial charge in [-0.1, -0.05) is 41.9 Å². The molecular formula is C24H25ClN6O. The summed E-state index contributed by atoms with van der Waals surface area (Å²) in [6, 6.07) is 13.8. The van der Waals surface area contributed by atoms with Crippen LogP contribution in [0.2, 0.25) is 5.02 Å². The molecule has 5 rings (SSSR count). The Labute approximate surface area is 191 Å². The quantitative estimate of drug-likeness (QED) is 0.346. The molecule has 8 heteroatoms. The Balaban J connectivity index is 1.55. The molecule has 0 atom stereocenters. The van der Waals surface area contributed by atoms with Crippen LogP contribution >= 0.6 is 11.6 Å². The second-order valence-corrected chi connectivity index (χ2v) is 8.78. The number of nitrogens with one attached hydrogen (secondary N) is 2. The van der Waals surface area contributed by atoms with Gasteiger partial charge in [-0.15, -0.1) is 0 Å². The van der Waals surface area contributed by atoms with Crippen LogP contribution in [0.3, 0.4) is 0 Å². The molecular weight excluding hydrogens is 424 g/mol. The molecule has 2 heterocycles. The van der Waals surface area contributed by atoms with Gasteiger partial charge in [0, 0.05) is 23.1 Å². The summed E-state index contributed by atoms with van der Waals surface area (Å²) in [7, 11) is 0. The lowest BCUT2D eigenvalue weighted by molar-refractivity contribution is 0.111. The van der Waals surface area contributed by atoms with Crippen LogP contribution in [0.25, 0.3) is 33.4 Å². The van der Waals surface area contributed by atoms with Crippen molar-refractivity contribution >= 4 is 34.1 Å². The van der Waals surface area contributed by atoms with E-state index in [0.29, 0.717) is 34.0 Å². The molecule has 0 unspecified atom stereocenters. The molecule has 2 aromatic carbocycles. The molecule has 164 valence electrons. The van der Waals surface area contributed by atoms with E-state index >= 15 is 0 Å². The lowest BCUT2D eigenvalue weighted by atomic mass is 9.87. The average molecular weight is 449 g/mol. The minimum atomic E-state index is -0.171. The Hall–Kier alpha value is -3.16. The molecule has 1 fully saturated rings. The van der Waals surface area contributed by atoms with Crippen molar-refractivity contribution in [2.24, 2.45) is 5.92 Å². The van der Waals surface area contributed by atoms with Gasteiger partial charge in [-0.25, -0.2) is 9.97 Å². The first kappa shape index (κ1) is 20.7. The van der Waals surface area contributed by atoms with Crippen LogP contribution in [0.1, 0.15) is 25.7 Å². The van der Waals surface area contributed by atoms with Crippen molar-refractivity contribution in [2.45, 2.75) is 31.8 Å². The summed E-state index contributed by atoms with van der Waals surface area (Å²) in [6.07, 6.45) is 5.24. The van der Waals surface area contributed by atoms with Gasteiger partial charge in [-0.2, -0.15) is 5.10 Å². The second-order valence-electron chi connectivity index (χ2n) is 8.37. The maximum atomic E-state index is 9.76. The van der Waals surface area contributed by atoms with Crippen LogP contribution < -0.4 is 11.1 Å². The van der Waals surface area contributed by atoms with Crippen molar-refractivity contribution in [1.82, 2.24) is 20.2 Å². The summed E-state index contributed by atoms with van der Waals surface area (Å²) in [4.78, 5) is 9.65. The molecule has 1 saturated carbocycles. The summed E-state index contributed by atoms with van der Waals surface area (Å²) >= 11 is 6.52. The summed E-state index contributed by atoms with van der Waals surface area (Å²) < 4.78 is 0. The Morgan fingerprint density at radius 3 is 2.56 bits per heavy atom. The van der Waals surface area contributed by atoms with Gasteiger partial charge in [0.1, 0.15) is 0 Å². The number of fused-ring (bicyclic) bond motifs is 1. The number of benzene rings is 2. The van der Waals surface area contributed by atoms with Crippen molar-refractivity contribution in [3.63, 3.8) is 0 Å². The topological polar surface area (TPSA) is 113 Å². The van der Waals surface area contributed by atoms with E-state index in [-0.39, 0.29) is 6.10 Å². The molecule has 7 nitrogen and oxygen atoms in total. The van der Waals surface area contributed by atoms with Crippen LogP contribution in [0.5, 0.6) is 0 Å². The number of aliphatic hydroxyl groups excluding tert-OH is 1. The first-order chi connectivity index (χ1) is 15.6. The SMILES string of the molecule is Nc1nc(-c2ccccc2)c(-c2cc(Cl)c3[nH]ncc3c2)nc1NCC1CCC(O)CC1. The third kappa shape index (κ3) is 4.13. The molecule has 0 spiro atoms. The predicted octanol–water partition coefficient (Wildman–Crippen LogP) is 4.89. The number of aromatic nitrogens is 4. The molecule has 0 saturated heterocycles. The number of anilines is 2. The minimum absolute atomic E-state index is 0.171. The standard InChI is InChI=1S/C24H25ClN6O/c25-19-11-16(10-17-13-28-31-20(17)19)22-21(15-4-2-1-3-5-15)29-23(26)24(30-22)27-12-14-6-8-18(32)9-7-14/h1-5,10-11,13-14,18,32H,6-9,12H2,(H2,26,29)(H,27,30)(H,28,31). The largest absolute Gasteiger partial charge is 0.393 e. The van der Waals surface area contributed by atoms with Gasteiger partial charge in [-0.05, 0) is 43.7 Å². The Morgan fingerprint density at radius 1 is 1.03 bits per heavy atom. The van der Waals surface area contributed by atoms with Gasteiger partial charge >= 0.3 is 0 Å². The van der Waals surface area contributed by atoms with E-state index in [4.69, 9.17) is 27.3 Å². The highest BCUT2D eigenvalue weighted by Gasteiger charge is 2.21. The zero-order chi connectivity index (χ0) is 22.1. The summed E-state index contributed by atoms with van der Waals surface area (Å²) in [5.41, 5.74) is 10.3. The number of hydrogen-bond acceptors (Lipinski definition) is 6. The Kier molecular flexibility index (Phi) is 5.68. The molecule has 0 bridgehead atoms. The van der Waals surface area contributed by atoms with E-state index < -0.39 is 0 Å². The zero-order valence-electron chi connectivity index (χ0n) is 17.6. The highest BCUT2D eigenvalue weighted by Crippen LogP contribution is 2.36. The summed E-state index contributed by atoms with van der Waals surface area (Å²) in [5, 5.41) is 21.7. The van der Waals surface area contributed by atoms with Gasteiger partial charge in [0.2, 0.25) is 0 Å². The molecule has 2 aromatic heterocycles. The van der Waals surface area contributed by atoms with E-state index in [9.17, 15) is 5.11 Å². The highest BCUT2D eigenvalue weighted by molar-refractivity contribution is 6.35. The molecule has 32 heavy (non-hydrogen) atoms. The molecule has 0 aliphatic heterocycles. The first-order valence-corrected chi connectivity index (χ1v) is 11.2. The number of nitrogens with zero attached hydrogens (tertiary/aromatic N) is 3. The van der Waals surface area contributed by atoms with Crippen LogP contribution in [0.4, 0.5) is 11.6 Å². The summed E-state index contributed by atoms with van der Waals surface area (Å²) in [6.45, 7) is 0.747. The Morgan fingerprint density at radius 2 is 1.78 bits per heavy atom. The number of hydrogen-bond donors (Lipinski definition) is 4. The Bertz CT molecular complexity index is 1230. The third-order valence-electron chi connectivity index (χ3n) is 6.12. The minimum Gasteiger partial charge on any atom is -0.393 e. The van der Waals surface area contributed by atoms with Gasteiger partial charge in [0.15, 0.2) is 11.6 Å². The van der Waals surface area contributed by atoms with Crippen molar-refractivity contribution < 1.29 is 5.11 Å². The molecule has 4 aromatic rings. The van der Waals surface area contributed by atoms with Gasteiger partial charge in [0.05, 0.1) is 34.2 Å². The van der Waals surface area contributed by atoms with E-state index in [1.165, 1.54) is 0 Å². The predicted molar refractivity (Wildman–Crippen MR) is 128 cm³/mol. The van der Waals surface area contributed by atoms with Gasteiger partial charge < -0.3 is 16.2 Å². The lowest BCUT2D eigenvalue weighted by Crippen LogP contribution is -2.24. The lowest BCUT2D eigenvalue weighted by Gasteiger charge is -2.26. The number of aromatic amines is 1. The zero-order valence-corrected chi connectivity index (χ0v) is 18.3. The van der Waals surface area contributed by atoms with Crippen molar-refractivity contribution in [1.29, 1.82) is 0 Å². The highest BCUT2D eigenvalue weighted by atomic mass is 35.5. The fourth-order valence-electron chi connectivity index (χ4n) is 4.32. The van der Waals surface area contributed by atoms with E-state index in [0.717, 1.165) is 54.3 Å². The fourth-order valence-corrected chi connectivity index (χ4v) is 4.59. The van der Waals surface area contributed by atoms with Crippen LogP contribution in [-0.4, -0.2) is 37.9 Å². The normalized spacial score (nSPS) is 18.7. The number of aliphatic hydroxyl groups is 1. The van der Waals surface area contributed by atoms with Crippen molar-refractivity contribution in [3.05, 3.63) is 53.7 Å². The van der Waals surface area contributed by atoms with Crippen LogP contribution in [0.15, 0.2) is 48.7 Å². The van der Waals surface area contributed by atoms with Crippen LogP contribution in [0, 0.1) is 5.92 Å². The fraction of sp³-hybridized carbons (Fsp3) is 0.292. The van der Waals surface area contributed by atoms with Crippen molar-refractivity contribution in [2.75, 3.05) is 17.6 Å². The number of halogens is 1. The smallest absolute Gasteiger partial charge is 0.169 e. The first-order valence-electron chi connectivity index (χ1n) is 10.9. The van der Waals surface area contributed by atoms with E-state index in [2.05, 4.69) is 15.5 Å². The number of nitrogen functional groups attached to an aromatic ring is 1. The number of rotatable bonds is 5. The number of H-pyrrole nitrogens is 1. The third-order valence-corrected chi connectivity index (χ3v) is 6.42. The molecule has 0 amide bonds. The monoisotopic (exact) mass is 448 g/mol. The molecule has 0 radical (unpaired) electrons. The van der Waals surface area contributed by atoms with Crippen molar-refractivity contribution in [3.8, 4) is 22.5 Å². The van der Waals surface area contributed by atoms with E-state index in [1.54, 1.807) is 6.20 Å². The van der Waals surface area contributed by atoms with E-state index in [1.807, 2.05) is 42.5 Å². The molecule has 1 aliphatic rings. The average Bonchev–Trinajstić information content (AvgIpc) is 3.29. The van der Waals surface area contributed by atoms with Gasteiger partial charge in [0.25, 0.3) is 0 Å². The molecule has 5 N–H and O–H groups in total. The second kappa shape index (κ2) is 8.76. The number of nitrogens with two attached hydrogens (primary N) is 1. The van der Waals surface area contributed by atoms with Gasteiger partial charge in [-0.3, -0.25) is 5.10 Å². The van der Waals surface area contributed by atoms with Crippen LogP contribution in [-0.2, 0) is 0 Å². The maximum Gasteiger partial charge on any atom is 0.169 e. The molecule has 1 aliphatic carbocycles. The summed E-state index contributed by atoms with van der Waals surface area (Å²) in [5.74, 6) is 1.40. The maximum absolute atomic E-state index is 9.76.